The van der Waals surface area contributed by atoms with Crippen molar-refractivity contribution in [1.29, 1.82) is 0 Å². The smallest absolute Gasteiger partial charge is 0.200 e. The zero-order valence-electron chi connectivity index (χ0n) is 23.8. The van der Waals surface area contributed by atoms with Crippen LogP contribution in [0.5, 0.6) is 0 Å². The summed E-state index contributed by atoms with van der Waals surface area (Å²) in [6, 6.07) is 37.4. The van der Waals surface area contributed by atoms with Crippen molar-refractivity contribution < 1.29 is 4.42 Å². The van der Waals surface area contributed by atoms with Crippen LogP contribution in [0.1, 0.15) is 25.0 Å². The third-order valence-electron chi connectivity index (χ3n) is 9.28. The second-order valence-corrected chi connectivity index (χ2v) is 12.0. The summed E-state index contributed by atoms with van der Waals surface area (Å²) in [5.74, 6) is 0. The van der Waals surface area contributed by atoms with E-state index >= 15 is 0 Å². The molecule has 0 bridgehead atoms. The van der Waals surface area contributed by atoms with Gasteiger partial charge in [0.25, 0.3) is 0 Å². The number of rotatable bonds is 2. The van der Waals surface area contributed by atoms with Crippen molar-refractivity contribution in [2.45, 2.75) is 19.3 Å². The maximum Gasteiger partial charge on any atom is 0.200 e. The molecule has 0 atom stereocenters. The average molecular weight is 555 g/mol. The normalized spacial score (nSPS) is 13.6. The van der Waals surface area contributed by atoms with Crippen molar-refractivity contribution >= 4 is 43.7 Å². The Hall–Kier alpha value is -5.48. The van der Waals surface area contributed by atoms with Crippen molar-refractivity contribution in [3.63, 3.8) is 0 Å². The van der Waals surface area contributed by atoms with E-state index in [-0.39, 0.29) is 10.8 Å². The molecule has 0 spiro atoms. The number of nitrogens with zero attached hydrogens (tertiary/aromatic N) is 2. The largest absolute Gasteiger partial charge is 0.456 e. The molecule has 0 saturated heterocycles. The standard InChI is InChI=1S/C39H26N2O2/c1-39(2)32-21-35-30(20-29(32)26-16-17-40-22-33(26)39)27-10-3-5-12-34(27)41(35)25-9-7-8-23(18-25)24-14-15-37-31(19-24)38(42)28-11-4-6-13-36(28)43-37/h3-22H,1-2H3. The number of aromatic nitrogens is 2. The Morgan fingerprint density at radius 3 is 2.33 bits per heavy atom. The first-order chi connectivity index (χ1) is 21.0. The lowest BCUT2D eigenvalue weighted by Gasteiger charge is -2.21. The lowest BCUT2D eigenvalue weighted by atomic mass is 9.83. The molecule has 0 aliphatic heterocycles. The summed E-state index contributed by atoms with van der Waals surface area (Å²) in [7, 11) is 0. The highest BCUT2D eigenvalue weighted by atomic mass is 16.3. The molecule has 0 N–H and O–H groups in total. The molecular formula is C39H26N2O2. The minimum absolute atomic E-state index is 0.00933. The predicted molar refractivity (Wildman–Crippen MR) is 175 cm³/mol. The molecule has 5 aromatic carbocycles. The monoisotopic (exact) mass is 554 g/mol. The Bertz CT molecular complexity index is 2510. The van der Waals surface area contributed by atoms with Gasteiger partial charge in [0.05, 0.1) is 21.8 Å². The van der Waals surface area contributed by atoms with E-state index in [4.69, 9.17) is 4.42 Å². The Morgan fingerprint density at radius 1 is 0.628 bits per heavy atom. The lowest BCUT2D eigenvalue weighted by molar-refractivity contribution is 0.658. The lowest BCUT2D eigenvalue weighted by Crippen LogP contribution is -2.15. The van der Waals surface area contributed by atoms with Crippen LogP contribution >= 0.6 is 0 Å². The van der Waals surface area contributed by atoms with E-state index in [0.717, 1.165) is 22.3 Å². The van der Waals surface area contributed by atoms with E-state index in [2.05, 4.69) is 90.1 Å². The van der Waals surface area contributed by atoms with Crippen molar-refractivity contribution in [2.75, 3.05) is 0 Å². The molecule has 4 nitrogen and oxygen atoms in total. The fraction of sp³-hybridized carbons (Fsp3) is 0.0769. The third kappa shape index (κ3) is 3.32. The Labute approximate surface area is 247 Å². The number of hydrogen-bond acceptors (Lipinski definition) is 3. The van der Waals surface area contributed by atoms with Crippen LogP contribution in [-0.4, -0.2) is 9.55 Å². The highest BCUT2D eigenvalue weighted by Gasteiger charge is 2.36. The molecule has 4 heteroatoms. The van der Waals surface area contributed by atoms with Gasteiger partial charge in [-0.15, -0.1) is 0 Å². The molecule has 0 fully saturated rings. The number of pyridine rings is 1. The van der Waals surface area contributed by atoms with E-state index in [1.54, 1.807) is 0 Å². The van der Waals surface area contributed by atoms with Crippen molar-refractivity contribution in [1.82, 2.24) is 9.55 Å². The highest BCUT2D eigenvalue weighted by molar-refractivity contribution is 6.11. The second-order valence-electron chi connectivity index (χ2n) is 12.0. The van der Waals surface area contributed by atoms with E-state index in [9.17, 15) is 4.79 Å². The minimum Gasteiger partial charge on any atom is -0.456 e. The maximum absolute atomic E-state index is 13.4. The third-order valence-corrected chi connectivity index (χ3v) is 9.28. The molecule has 1 aliphatic rings. The van der Waals surface area contributed by atoms with Gasteiger partial charge in [-0.3, -0.25) is 9.78 Å². The van der Waals surface area contributed by atoms with Gasteiger partial charge < -0.3 is 8.98 Å². The van der Waals surface area contributed by atoms with Gasteiger partial charge in [-0.1, -0.05) is 62.4 Å². The zero-order valence-corrected chi connectivity index (χ0v) is 23.8. The summed E-state index contributed by atoms with van der Waals surface area (Å²) < 4.78 is 8.44. The van der Waals surface area contributed by atoms with Gasteiger partial charge in [-0.05, 0) is 94.0 Å². The maximum atomic E-state index is 13.4. The Kier molecular flexibility index (Phi) is 4.79. The van der Waals surface area contributed by atoms with Crippen molar-refractivity contribution in [3.8, 4) is 27.9 Å². The molecular weight excluding hydrogens is 528 g/mol. The molecule has 0 amide bonds. The van der Waals surface area contributed by atoms with Crippen LogP contribution in [0.15, 0.2) is 131 Å². The van der Waals surface area contributed by atoms with E-state index in [1.165, 1.54) is 38.5 Å². The quantitative estimate of drug-likeness (QED) is 0.200. The van der Waals surface area contributed by atoms with Crippen LogP contribution < -0.4 is 5.43 Å². The van der Waals surface area contributed by atoms with Crippen LogP contribution in [0.2, 0.25) is 0 Å². The van der Waals surface area contributed by atoms with Gasteiger partial charge in [-0.2, -0.15) is 0 Å². The Balaban J connectivity index is 1.27. The number of para-hydroxylation sites is 2. The minimum atomic E-state index is -0.146. The first kappa shape index (κ1) is 24.2. The second kappa shape index (κ2) is 8.52. The first-order valence-corrected chi connectivity index (χ1v) is 14.6. The van der Waals surface area contributed by atoms with Gasteiger partial charge in [0, 0.05) is 34.3 Å². The topological polar surface area (TPSA) is 48.0 Å². The zero-order chi connectivity index (χ0) is 28.9. The number of fused-ring (bicyclic) bond motifs is 8. The summed E-state index contributed by atoms with van der Waals surface area (Å²) in [6.07, 6.45) is 3.91. The van der Waals surface area contributed by atoms with E-state index in [0.29, 0.717) is 21.9 Å². The van der Waals surface area contributed by atoms with E-state index in [1.807, 2.05) is 54.9 Å². The van der Waals surface area contributed by atoms with Crippen LogP contribution in [0.25, 0.3) is 71.7 Å². The van der Waals surface area contributed by atoms with Crippen molar-refractivity contribution in [2.24, 2.45) is 0 Å². The predicted octanol–water partition coefficient (Wildman–Crippen LogP) is 9.41. The van der Waals surface area contributed by atoms with Crippen LogP contribution in [0.4, 0.5) is 0 Å². The highest BCUT2D eigenvalue weighted by Crippen LogP contribution is 2.50. The van der Waals surface area contributed by atoms with Crippen molar-refractivity contribution in [3.05, 3.63) is 143 Å². The van der Waals surface area contributed by atoms with Gasteiger partial charge in [0.15, 0.2) is 0 Å². The summed E-state index contributed by atoms with van der Waals surface area (Å²) in [5.41, 5.74) is 11.6. The molecule has 0 unspecified atom stereocenters. The fourth-order valence-electron chi connectivity index (χ4n) is 7.11. The molecule has 0 saturated carbocycles. The van der Waals surface area contributed by atoms with Gasteiger partial charge in [-0.25, -0.2) is 0 Å². The first-order valence-electron chi connectivity index (χ1n) is 14.6. The summed E-state index contributed by atoms with van der Waals surface area (Å²) >= 11 is 0. The molecule has 0 radical (unpaired) electrons. The fourth-order valence-corrected chi connectivity index (χ4v) is 7.11. The van der Waals surface area contributed by atoms with Gasteiger partial charge in [0.2, 0.25) is 5.43 Å². The van der Waals surface area contributed by atoms with Crippen LogP contribution in [0.3, 0.4) is 0 Å². The Morgan fingerprint density at radius 2 is 1.42 bits per heavy atom. The number of benzene rings is 5. The van der Waals surface area contributed by atoms with Crippen LogP contribution in [0, 0.1) is 0 Å². The number of hydrogen-bond donors (Lipinski definition) is 0. The molecule has 3 heterocycles. The molecule has 43 heavy (non-hydrogen) atoms. The molecule has 9 rings (SSSR count). The molecule has 204 valence electrons. The molecule has 8 aromatic rings. The van der Waals surface area contributed by atoms with Crippen LogP contribution in [-0.2, 0) is 5.41 Å². The van der Waals surface area contributed by atoms with Gasteiger partial charge >= 0.3 is 0 Å². The summed E-state index contributed by atoms with van der Waals surface area (Å²) in [5, 5.41) is 3.64. The SMILES string of the molecule is CC1(C)c2cnccc2-c2cc3c4ccccc4n(-c4cccc(-c5ccc6oc7ccccc7c(=O)c6c5)c4)c3cc21. The van der Waals surface area contributed by atoms with E-state index < -0.39 is 0 Å². The van der Waals surface area contributed by atoms with Gasteiger partial charge in [0.1, 0.15) is 11.2 Å². The molecule has 1 aliphatic carbocycles. The summed E-state index contributed by atoms with van der Waals surface area (Å²) in [4.78, 5) is 17.8. The molecule has 3 aromatic heterocycles. The summed E-state index contributed by atoms with van der Waals surface area (Å²) in [6.45, 7) is 4.58. The average Bonchev–Trinajstić information content (AvgIpc) is 3.49.